The molecule has 0 radical (unpaired) electrons. The van der Waals surface area contributed by atoms with Crippen LogP contribution in [0.2, 0.25) is 0 Å². The first-order valence-electron chi connectivity index (χ1n) is 22.4. The molecule has 0 aromatic rings. The van der Waals surface area contributed by atoms with E-state index in [1.165, 1.54) is 13.0 Å². The number of hydrogen-bond donors (Lipinski definition) is 12. The molecule has 1 fully saturated rings. The maximum atomic E-state index is 12.9. The fraction of sp³-hybridized carbons (Fsp3) is 0.681. The Morgan fingerprint density at radius 3 is 1.83 bits per heavy atom. The molecule has 0 aliphatic carbocycles. The van der Waals surface area contributed by atoms with E-state index in [2.05, 4.69) is 0 Å². The van der Waals surface area contributed by atoms with Crippen molar-refractivity contribution >= 4 is 17.7 Å². The van der Waals surface area contributed by atoms with Crippen molar-refractivity contribution in [2.45, 2.75) is 184 Å². The van der Waals surface area contributed by atoms with Crippen molar-refractivity contribution in [2.24, 2.45) is 23.5 Å². The second-order valence-electron chi connectivity index (χ2n) is 17.4. The molecule has 65 heavy (non-hydrogen) atoms. The maximum Gasteiger partial charge on any atom is 0.311 e. The van der Waals surface area contributed by atoms with E-state index in [0.717, 1.165) is 12.8 Å². The predicted molar refractivity (Wildman–Crippen MR) is 238 cm³/mol. The lowest BCUT2D eigenvalue weighted by atomic mass is 9.88. The summed E-state index contributed by atoms with van der Waals surface area (Å²) < 4.78 is 17.0. The van der Waals surface area contributed by atoms with Gasteiger partial charge in [-0.15, -0.1) is 0 Å². The zero-order valence-electron chi connectivity index (χ0n) is 37.8. The highest BCUT2D eigenvalue weighted by atomic mass is 16.7. The highest BCUT2D eigenvalue weighted by Gasteiger charge is 2.43. The van der Waals surface area contributed by atoms with E-state index in [1.807, 2.05) is 43.4 Å². The molecule has 0 aromatic carbocycles. The van der Waals surface area contributed by atoms with Gasteiger partial charge in [0.2, 0.25) is 0 Å². The van der Waals surface area contributed by atoms with Crippen LogP contribution in [-0.2, 0) is 28.6 Å². The normalized spacial score (nSPS) is 42.5. The Labute approximate surface area is 381 Å². The number of aliphatic hydroxyl groups excluding tert-OH is 10. The number of nitrogens with two attached hydrogens (primary N) is 1. The summed E-state index contributed by atoms with van der Waals surface area (Å²) in [6.45, 7) is 6.73. The number of carbonyl (C=O) groups excluding carboxylic acids is 2. The average Bonchev–Trinajstić information content (AvgIpc) is 3.22. The zero-order valence-corrected chi connectivity index (χ0v) is 37.8. The Bertz CT molecular complexity index is 1600. The quantitative estimate of drug-likeness (QED) is 0.174. The van der Waals surface area contributed by atoms with E-state index in [-0.39, 0.29) is 31.6 Å². The minimum Gasteiger partial charge on any atom is -0.481 e. The number of aliphatic hydroxyl groups is 10. The zero-order chi connectivity index (χ0) is 48.8. The number of allylic oxidation sites excluding steroid dienone is 10. The molecule has 2 aliphatic heterocycles. The minimum atomic E-state index is -1.95. The monoisotopic (exact) mass is 926 g/mol. The molecule has 2 aliphatic rings. The topological polar surface area (TPSA) is 327 Å². The van der Waals surface area contributed by atoms with Gasteiger partial charge >= 0.3 is 11.9 Å². The van der Waals surface area contributed by atoms with Gasteiger partial charge in [0, 0.05) is 31.1 Å². The summed E-state index contributed by atoms with van der Waals surface area (Å²) in [4.78, 5) is 37.8. The molecule has 0 saturated carbocycles. The number of ether oxygens (including phenoxy) is 3. The van der Waals surface area contributed by atoms with Gasteiger partial charge in [-0.1, -0.05) is 86.8 Å². The standard InChI is InChI=1S/C47H75NO17/c1-27-17-15-13-11-9-7-5-6-8-10-12-14-16-18-35(65-47-45(60)42(48)44(59)30(4)64-47)26-39(56)41(46(61)62)38(55)24-34(52)23-37(54)36(53)20-19-31(49)21-32(50)22-33(51)25-40(57)63-29(3)28(2)43(27)58/h5-6,8,10-18,27-33,35-39,41-45,47,49-51,53-56,58-60H,7,9,19-26,48H2,1-4H3,(H,61,62)/b6-5+,10-8+,13-11+,14-12+,17-15+,18-16+/t27?,28?,29?,30-,31?,32?,33?,35?,36?,37?,38?,39?,41?,42+,43?,44-,45+,47?/m0/s1. The number of esters is 1. The van der Waals surface area contributed by atoms with E-state index < -0.39 is 147 Å². The Hall–Kier alpha value is -3.47. The van der Waals surface area contributed by atoms with Crippen LogP contribution >= 0.6 is 0 Å². The van der Waals surface area contributed by atoms with Crippen LogP contribution in [0.1, 0.15) is 91.9 Å². The number of aliphatic carboxylic acids is 1. The molecule has 2 heterocycles. The molecule has 1 saturated heterocycles. The van der Waals surface area contributed by atoms with Crippen LogP contribution in [0, 0.1) is 17.8 Å². The second kappa shape index (κ2) is 30.0. The minimum absolute atomic E-state index is 0.144. The van der Waals surface area contributed by atoms with Gasteiger partial charge in [0.25, 0.3) is 0 Å². The van der Waals surface area contributed by atoms with Gasteiger partial charge < -0.3 is 76.1 Å². The van der Waals surface area contributed by atoms with Gasteiger partial charge in [0.05, 0.1) is 79.6 Å². The number of Topliss-reactive ketones (excluding diaryl/α,β-unsaturated/α-hetero) is 1. The van der Waals surface area contributed by atoms with Gasteiger partial charge in [-0.3, -0.25) is 14.4 Å². The maximum absolute atomic E-state index is 12.9. The lowest BCUT2D eigenvalue weighted by Gasteiger charge is -2.41. The van der Waals surface area contributed by atoms with Crippen LogP contribution in [0.25, 0.3) is 0 Å². The van der Waals surface area contributed by atoms with E-state index in [4.69, 9.17) is 19.9 Å². The fourth-order valence-electron chi connectivity index (χ4n) is 7.45. The first-order valence-corrected chi connectivity index (χ1v) is 22.4. The van der Waals surface area contributed by atoms with Crippen molar-refractivity contribution in [3.63, 3.8) is 0 Å². The third kappa shape index (κ3) is 21.4. The Morgan fingerprint density at radius 1 is 0.615 bits per heavy atom. The van der Waals surface area contributed by atoms with Crippen molar-refractivity contribution in [2.75, 3.05) is 0 Å². The number of carbonyl (C=O) groups is 3. The third-order valence-electron chi connectivity index (χ3n) is 11.7. The van der Waals surface area contributed by atoms with Crippen molar-refractivity contribution in [3.8, 4) is 0 Å². The second-order valence-corrected chi connectivity index (χ2v) is 17.4. The summed E-state index contributed by atoms with van der Waals surface area (Å²) >= 11 is 0. The molecule has 370 valence electrons. The van der Waals surface area contributed by atoms with Crippen LogP contribution in [0.15, 0.2) is 72.9 Å². The molecule has 14 unspecified atom stereocenters. The molecule has 18 heteroatoms. The molecule has 13 N–H and O–H groups in total. The summed E-state index contributed by atoms with van der Waals surface area (Å²) in [7, 11) is 0. The SMILES string of the molecule is CC1/C=C/C=C/CC/C=C/C=C/C=C/C=C/C(OC2O[C@@H](C)[C@H](O)[C@@H](N)[C@H]2O)CC(O)C(C(=O)O)C(O)CC(=O)CC(O)C(O)CCC(O)CC(O)CC(O)CC(=O)OC(C)C(C)C1O. The number of rotatable bonds is 3. The third-order valence-corrected chi connectivity index (χ3v) is 11.7. The van der Waals surface area contributed by atoms with Crippen LogP contribution in [-0.4, -0.2) is 166 Å². The van der Waals surface area contributed by atoms with Crippen molar-refractivity contribution in [1.29, 1.82) is 0 Å². The molecule has 2 rings (SSSR count). The van der Waals surface area contributed by atoms with Crippen LogP contribution < -0.4 is 5.73 Å². The Morgan fingerprint density at radius 2 is 1.18 bits per heavy atom. The molecular weight excluding hydrogens is 851 g/mol. The van der Waals surface area contributed by atoms with Gasteiger partial charge in [-0.05, 0) is 52.4 Å². The van der Waals surface area contributed by atoms with E-state index in [0.29, 0.717) is 0 Å². The Kier molecular flexibility index (Phi) is 26.6. The van der Waals surface area contributed by atoms with Gasteiger partial charge in [0.15, 0.2) is 6.29 Å². The molecule has 0 spiro atoms. The van der Waals surface area contributed by atoms with Crippen LogP contribution in [0.3, 0.4) is 0 Å². The molecule has 0 bridgehead atoms. The summed E-state index contributed by atoms with van der Waals surface area (Å²) in [5.41, 5.74) is 5.96. The van der Waals surface area contributed by atoms with Crippen LogP contribution in [0.4, 0.5) is 0 Å². The average molecular weight is 926 g/mol. The lowest BCUT2D eigenvalue weighted by Crippen LogP contribution is -2.61. The summed E-state index contributed by atoms with van der Waals surface area (Å²) in [5.74, 6) is -5.88. The molecule has 18 atom stereocenters. The number of ketones is 1. The Balaban J connectivity index is 2.26. The van der Waals surface area contributed by atoms with E-state index in [1.54, 1.807) is 44.2 Å². The number of carboxylic acid groups (broad SMARTS) is 1. The molecular formula is C47H75NO17. The van der Waals surface area contributed by atoms with Crippen molar-refractivity contribution in [1.82, 2.24) is 0 Å². The van der Waals surface area contributed by atoms with Crippen molar-refractivity contribution in [3.05, 3.63) is 72.9 Å². The number of hydrogen-bond acceptors (Lipinski definition) is 17. The summed E-state index contributed by atoms with van der Waals surface area (Å²) in [6.07, 6.45) is 0.848. The fourth-order valence-corrected chi connectivity index (χ4v) is 7.45. The van der Waals surface area contributed by atoms with Gasteiger partial charge in [-0.25, -0.2) is 0 Å². The van der Waals surface area contributed by atoms with Crippen molar-refractivity contribution < 1.29 is 84.8 Å². The largest absolute Gasteiger partial charge is 0.481 e. The van der Waals surface area contributed by atoms with Gasteiger partial charge in [-0.2, -0.15) is 0 Å². The highest BCUT2D eigenvalue weighted by Crippen LogP contribution is 2.26. The van der Waals surface area contributed by atoms with Gasteiger partial charge in [0.1, 0.15) is 23.9 Å². The molecule has 0 amide bonds. The smallest absolute Gasteiger partial charge is 0.311 e. The molecule has 18 nitrogen and oxygen atoms in total. The number of cyclic esters (lactones) is 1. The van der Waals surface area contributed by atoms with Crippen LogP contribution in [0.5, 0.6) is 0 Å². The number of carboxylic acids is 1. The first kappa shape index (κ1) is 57.7. The molecule has 0 aromatic heterocycles. The lowest BCUT2D eigenvalue weighted by molar-refractivity contribution is -0.277. The first-order chi connectivity index (χ1) is 30.6. The van der Waals surface area contributed by atoms with E-state index in [9.17, 15) is 70.6 Å². The van der Waals surface area contributed by atoms with E-state index >= 15 is 0 Å². The summed E-state index contributed by atoms with van der Waals surface area (Å²) in [6, 6.07) is -1.15. The highest BCUT2D eigenvalue weighted by molar-refractivity contribution is 5.81. The summed E-state index contributed by atoms with van der Waals surface area (Å²) in [5, 5.41) is 116. The predicted octanol–water partition coefficient (Wildman–Crippen LogP) is 0.778.